The first-order valence-corrected chi connectivity index (χ1v) is 9.16. The zero-order valence-electron chi connectivity index (χ0n) is 12.5. The molecule has 0 atom stereocenters. The Bertz CT molecular complexity index is 533. The monoisotopic (exact) mass is 362 g/mol. The summed E-state index contributed by atoms with van der Waals surface area (Å²) in [5.41, 5.74) is 2.66. The topological polar surface area (TPSA) is 58.2 Å². The van der Waals surface area contributed by atoms with Crippen LogP contribution in [0.2, 0.25) is 0 Å². The van der Waals surface area contributed by atoms with Gasteiger partial charge in [0.2, 0.25) is 10.0 Å². The van der Waals surface area contributed by atoms with Crippen LogP contribution in [-0.2, 0) is 10.0 Å². The summed E-state index contributed by atoms with van der Waals surface area (Å²) in [6.07, 6.45) is 0.599. The van der Waals surface area contributed by atoms with E-state index in [9.17, 15) is 8.42 Å². The van der Waals surface area contributed by atoms with E-state index < -0.39 is 10.0 Å². The Hall–Kier alpha value is -0.590. The van der Waals surface area contributed by atoms with Crippen LogP contribution in [-0.4, -0.2) is 26.8 Å². The minimum atomic E-state index is -3.28. The number of aryl methyl sites for hydroxylation is 2. The summed E-state index contributed by atoms with van der Waals surface area (Å²) in [6, 6.07) is 4.05. The van der Waals surface area contributed by atoms with Crippen molar-refractivity contribution in [3.05, 3.63) is 27.7 Å². The van der Waals surface area contributed by atoms with E-state index in [1.807, 2.05) is 39.8 Å². The predicted molar refractivity (Wildman–Crippen MR) is 88.8 cm³/mol. The van der Waals surface area contributed by atoms with E-state index in [0.717, 1.165) is 15.6 Å². The SMILES string of the molecule is Cc1cc(NS(=O)(=O)CCCNC(C)C)cc(C)c1Br. The molecule has 0 amide bonds. The maximum absolute atomic E-state index is 12.0. The molecular weight excluding hydrogens is 340 g/mol. The molecule has 0 saturated carbocycles. The fraction of sp³-hybridized carbons (Fsp3) is 0.571. The zero-order chi connectivity index (χ0) is 15.3. The van der Waals surface area contributed by atoms with Crippen molar-refractivity contribution in [3.63, 3.8) is 0 Å². The van der Waals surface area contributed by atoms with Gasteiger partial charge in [0.25, 0.3) is 0 Å². The van der Waals surface area contributed by atoms with Crippen LogP contribution in [0.1, 0.15) is 31.4 Å². The van der Waals surface area contributed by atoms with Crippen LogP contribution in [0.3, 0.4) is 0 Å². The van der Waals surface area contributed by atoms with Crippen LogP contribution in [0, 0.1) is 13.8 Å². The summed E-state index contributed by atoms with van der Waals surface area (Å²) in [6.45, 7) is 8.68. The van der Waals surface area contributed by atoms with Gasteiger partial charge in [-0.2, -0.15) is 0 Å². The number of hydrogen-bond donors (Lipinski definition) is 2. The lowest BCUT2D eigenvalue weighted by atomic mass is 10.1. The van der Waals surface area contributed by atoms with Crippen molar-refractivity contribution >= 4 is 31.6 Å². The van der Waals surface area contributed by atoms with Crippen molar-refractivity contribution in [2.24, 2.45) is 0 Å². The van der Waals surface area contributed by atoms with E-state index >= 15 is 0 Å². The average Bonchev–Trinajstić information content (AvgIpc) is 2.31. The Balaban J connectivity index is 2.62. The van der Waals surface area contributed by atoms with Crippen LogP contribution in [0.15, 0.2) is 16.6 Å². The van der Waals surface area contributed by atoms with E-state index in [1.54, 1.807) is 0 Å². The van der Waals surface area contributed by atoms with Crippen molar-refractivity contribution in [2.45, 2.75) is 40.2 Å². The smallest absolute Gasteiger partial charge is 0.232 e. The highest BCUT2D eigenvalue weighted by Gasteiger charge is 2.11. The van der Waals surface area contributed by atoms with Gasteiger partial charge < -0.3 is 5.32 Å². The van der Waals surface area contributed by atoms with Gasteiger partial charge in [-0.25, -0.2) is 8.42 Å². The summed E-state index contributed by atoms with van der Waals surface area (Å²) in [7, 11) is -3.28. The lowest BCUT2D eigenvalue weighted by molar-refractivity contribution is 0.571. The Morgan fingerprint density at radius 3 is 2.25 bits per heavy atom. The fourth-order valence-electron chi connectivity index (χ4n) is 1.89. The van der Waals surface area contributed by atoms with Crippen molar-refractivity contribution in [1.82, 2.24) is 5.32 Å². The van der Waals surface area contributed by atoms with E-state index in [1.165, 1.54) is 0 Å². The summed E-state index contributed by atoms with van der Waals surface area (Å²) in [5, 5.41) is 3.21. The number of hydrogen-bond acceptors (Lipinski definition) is 3. The van der Waals surface area contributed by atoms with E-state index in [0.29, 0.717) is 24.7 Å². The third kappa shape index (κ3) is 5.81. The van der Waals surface area contributed by atoms with E-state index in [-0.39, 0.29) is 5.75 Å². The van der Waals surface area contributed by atoms with Gasteiger partial charge in [-0.1, -0.05) is 29.8 Å². The van der Waals surface area contributed by atoms with Crippen LogP contribution in [0.25, 0.3) is 0 Å². The lowest BCUT2D eigenvalue weighted by Crippen LogP contribution is -2.26. The normalized spacial score (nSPS) is 11.9. The zero-order valence-corrected chi connectivity index (χ0v) is 14.9. The molecular formula is C14H23BrN2O2S. The number of benzene rings is 1. The first-order valence-electron chi connectivity index (χ1n) is 6.72. The number of anilines is 1. The molecule has 0 radical (unpaired) electrons. The van der Waals surface area contributed by atoms with Crippen molar-refractivity contribution < 1.29 is 8.42 Å². The second-order valence-corrected chi connectivity index (χ2v) is 7.94. The number of halogens is 1. The molecule has 0 bridgehead atoms. The summed E-state index contributed by atoms with van der Waals surface area (Å²) in [4.78, 5) is 0. The molecule has 1 aromatic carbocycles. The maximum Gasteiger partial charge on any atom is 0.232 e. The molecule has 1 rings (SSSR count). The van der Waals surface area contributed by atoms with Gasteiger partial charge in [-0.05, 0) is 50.1 Å². The molecule has 0 fully saturated rings. The Labute approximate surface area is 130 Å². The molecule has 0 heterocycles. The van der Waals surface area contributed by atoms with Crippen LogP contribution in [0.5, 0.6) is 0 Å². The fourth-order valence-corrected chi connectivity index (χ4v) is 3.22. The third-order valence-corrected chi connectivity index (χ3v) is 5.48. The van der Waals surface area contributed by atoms with Crippen LogP contribution >= 0.6 is 15.9 Å². The maximum atomic E-state index is 12.0. The molecule has 2 N–H and O–H groups in total. The number of rotatable bonds is 7. The molecule has 0 aromatic heterocycles. The summed E-state index contributed by atoms with van der Waals surface area (Å²) in [5.74, 6) is 0.126. The lowest BCUT2D eigenvalue weighted by Gasteiger charge is -2.12. The largest absolute Gasteiger partial charge is 0.314 e. The van der Waals surface area contributed by atoms with Crippen molar-refractivity contribution in [1.29, 1.82) is 0 Å². The molecule has 0 aliphatic heterocycles. The van der Waals surface area contributed by atoms with Gasteiger partial charge in [0.1, 0.15) is 0 Å². The average molecular weight is 363 g/mol. The number of nitrogens with one attached hydrogen (secondary N) is 2. The second kappa shape index (κ2) is 7.43. The molecule has 114 valence electrons. The minimum absolute atomic E-state index is 0.126. The first kappa shape index (κ1) is 17.5. The standard InChI is InChI=1S/C14H23BrN2O2S/c1-10(2)16-6-5-7-20(18,19)17-13-8-11(3)14(15)12(4)9-13/h8-10,16-17H,5-7H2,1-4H3. The molecule has 4 nitrogen and oxygen atoms in total. The Morgan fingerprint density at radius 1 is 1.20 bits per heavy atom. The highest BCUT2D eigenvalue weighted by atomic mass is 79.9. The van der Waals surface area contributed by atoms with Crippen molar-refractivity contribution in [3.8, 4) is 0 Å². The highest BCUT2D eigenvalue weighted by Crippen LogP contribution is 2.25. The van der Waals surface area contributed by atoms with E-state index in [2.05, 4.69) is 26.0 Å². The summed E-state index contributed by atoms with van der Waals surface area (Å²) >= 11 is 3.47. The molecule has 1 aromatic rings. The number of sulfonamides is 1. The molecule has 20 heavy (non-hydrogen) atoms. The molecule has 0 unspecified atom stereocenters. The third-order valence-electron chi connectivity index (χ3n) is 2.85. The molecule has 6 heteroatoms. The predicted octanol–water partition coefficient (Wildman–Crippen LogP) is 3.20. The molecule has 0 aliphatic carbocycles. The van der Waals surface area contributed by atoms with Crippen LogP contribution in [0.4, 0.5) is 5.69 Å². The van der Waals surface area contributed by atoms with Gasteiger partial charge in [0.05, 0.1) is 5.75 Å². The van der Waals surface area contributed by atoms with Gasteiger partial charge in [-0.15, -0.1) is 0 Å². The minimum Gasteiger partial charge on any atom is -0.314 e. The van der Waals surface area contributed by atoms with Gasteiger partial charge in [0, 0.05) is 16.2 Å². The van der Waals surface area contributed by atoms with Crippen LogP contribution < -0.4 is 10.0 Å². The second-order valence-electron chi connectivity index (χ2n) is 5.31. The Morgan fingerprint density at radius 2 is 1.75 bits per heavy atom. The first-order chi connectivity index (χ1) is 9.21. The molecule has 0 saturated heterocycles. The van der Waals surface area contributed by atoms with Gasteiger partial charge in [0.15, 0.2) is 0 Å². The Kier molecular flexibility index (Phi) is 6.48. The van der Waals surface area contributed by atoms with Gasteiger partial charge in [-0.3, -0.25) is 4.72 Å². The molecule has 0 aliphatic rings. The van der Waals surface area contributed by atoms with Crippen molar-refractivity contribution in [2.75, 3.05) is 17.0 Å². The van der Waals surface area contributed by atoms with Gasteiger partial charge >= 0.3 is 0 Å². The highest BCUT2D eigenvalue weighted by molar-refractivity contribution is 9.10. The summed E-state index contributed by atoms with van der Waals surface area (Å²) < 4.78 is 27.7. The molecule has 0 spiro atoms. The van der Waals surface area contributed by atoms with E-state index in [4.69, 9.17) is 0 Å². The quantitative estimate of drug-likeness (QED) is 0.732.